The minimum Gasteiger partial charge on any atom is -0.451 e. The Balaban J connectivity index is 1.70. The normalized spacial score (nSPS) is 48.7. The third kappa shape index (κ3) is 2.51. The van der Waals surface area contributed by atoms with E-state index in [1.807, 2.05) is 0 Å². The second kappa shape index (κ2) is 6.17. The Morgan fingerprint density at radius 2 is 1.78 bits per heavy atom. The van der Waals surface area contributed by atoms with E-state index in [9.17, 15) is 14.7 Å². The molecule has 0 amide bonds. The molecule has 3 fully saturated rings. The molecule has 0 saturated heterocycles. The topological polar surface area (TPSA) is 63.6 Å². The molecule has 0 aliphatic heterocycles. The largest absolute Gasteiger partial charge is 0.451 e. The van der Waals surface area contributed by atoms with E-state index in [1.165, 1.54) is 12.5 Å². The Bertz CT molecular complexity index is 696. The van der Waals surface area contributed by atoms with E-state index in [4.69, 9.17) is 4.74 Å². The minimum absolute atomic E-state index is 0.0141. The Labute approximate surface area is 162 Å². The molecule has 0 bridgehead atoms. The standard InChI is InChI=1S/C23H34O4/c1-14(24)23(27-15(2)25)12-9-20-18-6-5-16-13-17(26)7-10-21(16,3)19(18)8-11-22(20,23)4/h5,17-20,26H,6-13H2,1-4H3/t17-,18+,19-,20-,21+,22+,23-/m1/s1. The van der Waals surface area contributed by atoms with Gasteiger partial charge in [0.15, 0.2) is 11.4 Å². The second-order valence-electron chi connectivity index (χ2n) is 10.1. The van der Waals surface area contributed by atoms with Gasteiger partial charge in [-0.2, -0.15) is 0 Å². The highest BCUT2D eigenvalue weighted by Crippen LogP contribution is 2.68. The summed E-state index contributed by atoms with van der Waals surface area (Å²) in [5, 5.41) is 10.1. The van der Waals surface area contributed by atoms with E-state index in [2.05, 4.69) is 19.9 Å². The molecule has 0 radical (unpaired) electrons. The van der Waals surface area contributed by atoms with Gasteiger partial charge < -0.3 is 9.84 Å². The summed E-state index contributed by atoms with van der Waals surface area (Å²) in [5.74, 6) is 1.25. The van der Waals surface area contributed by atoms with E-state index in [0.29, 0.717) is 24.2 Å². The molecule has 4 aliphatic rings. The number of ketones is 1. The Kier molecular flexibility index (Phi) is 4.38. The van der Waals surface area contributed by atoms with E-state index in [-0.39, 0.29) is 28.7 Å². The van der Waals surface area contributed by atoms with Gasteiger partial charge in [-0.15, -0.1) is 0 Å². The molecular weight excluding hydrogens is 340 g/mol. The van der Waals surface area contributed by atoms with Crippen molar-refractivity contribution in [2.24, 2.45) is 28.6 Å². The zero-order valence-corrected chi connectivity index (χ0v) is 17.2. The summed E-state index contributed by atoms with van der Waals surface area (Å²) in [5.41, 5.74) is 0.442. The van der Waals surface area contributed by atoms with Gasteiger partial charge in [0.25, 0.3) is 0 Å². The maximum atomic E-state index is 12.7. The van der Waals surface area contributed by atoms with Crippen molar-refractivity contribution in [3.05, 3.63) is 11.6 Å². The third-order valence-electron chi connectivity index (χ3n) is 9.08. The molecular formula is C23H34O4. The average molecular weight is 375 g/mol. The van der Waals surface area contributed by atoms with E-state index >= 15 is 0 Å². The maximum Gasteiger partial charge on any atom is 0.303 e. The summed E-state index contributed by atoms with van der Waals surface area (Å²) in [7, 11) is 0. The van der Waals surface area contributed by atoms with Crippen molar-refractivity contribution >= 4 is 11.8 Å². The van der Waals surface area contributed by atoms with Crippen LogP contribution in [-0.2, 0) is 14.3 Å². The zero-order chi connectivity index (χ0) is 19.6. The van der Waals surface area contributed by atoms with Crippen LogP contribution in [0.15, 0.2) is 11.6 Å². The number of hydrogen-bond acceptors (Lipinski definition) is 4. The highest BCUT2D eigenvalue weighted by molar-refractivity contribution is 5.89. The molecule has 0 spiro atoms. The van der Waals surface area contributed by atoms with Gasteiger partial charge in [0, 0.05) is 12.3 Å². The van der Waals surface area contributed by atoms with Crippen LogP contribution in [-0.4, -0.2) is 28.6 Å². The molecule has 4 aliphatic carbocycles. The van der Waals surface area contributed by atoms with Crippen LogP contribution in [0.3, 0.4) is 0 Å². The van der Waals surface area contributed by atoms with Gasteiger partial charge in [-0.05, 0) is 81.5 Å². The van der Waals surface area contributed by atoms with Crippen LogP contribution in [0, 0.1) is 28.6 Å². The smallest absolute Gasteiger partial charge is 0.303 e. The molecule has 4 rings (SSSR count). The number of esters is 1. The molecule has 0 aromatic carbocycles. The fraction of sp³-hybridized carbons (Fsp3) is 0.826. The summed E-state index contributed by atoms with van der Waals surface area (Å²) < 4.78 is 5.82. The Morgan fingerprint density at radius 3 is 2.44 bits per heavy atom. The Hall–Kier alpha value is -1.16. The number of fused-ring (bicyclic) bond motifs is 5. The lowest BCUT2D eigenvalue weighted by molar-refractivity contribution is -0.186. The fourth-order valence-electron chi connectivity index (χ4n) is 7.70. The molecule has 4 heteroatoms. The summed E-state index contributed by atoms with van der Waals surface area (Å²) in [6.45, 7) is 7.64. The number of hydrogen-bond donors (Lipinski definition) is 1. The number of carbonyl (C=O) groups is 2. The van der Waals surface area contributed by atoms with Crippen LogP contribution in [0.4, 0.5) is 0 Å². The van der Waals surface area contributed by atoms with Crippen LogP contribution in [0.1, 0.15) is 79.1 Å². The van der Waals surface area contributed by atoms with E-state index in [0.717, 1.165) is 44.9 Å². The highest BCUT2D eigenvalue weighted by Gasteiger charge is 2.67. The number of aliphatic hydroxyl groups excluding tert-OH is 1. The number of Topliss-reactive ketones (excluding diaryl/α,β-unsaturated/α-hetero) is 1. The lowest BCUT2D eigenvalue weighted by atomic mass is 9.46. The summed E-state index contributed by atoms with van der Waals surface area (Å²) >= 11 is 0. The monoisotopic (exact) mass is 374 g/mol. The number of carbonyl (C=O) groups excluding carboxylic acids is 2. The molecule has 0 aromatic heterocycles. The summed E-state index contributed by atoms with van der Waals surface area (Å²) in [6, 6.07) is 0. The first kappa shape index (κ1) is 19.2. The van der Waals surface area contributed by atoms with Gasteiger partial charge >= 0.3 is 5.97 Å². The van der Waals surface area contributed by atoms with Gasteiger partial charge in [-0.3, -0.25) is 9.59 Å². The number of aliphatic hydroxyl groups is 1. The second-order valence-corrected chi connectivity index (χ2v) is 10.1. The van der Waals surface area contributed by atoms with Crippen LogP contribution >= 0.6 is 0 Å². The third-order valence-corrected chi connectivity index (χ3v) is 9.08. The summed E-state index contributed by atoms with van der Waals surface area (Å²) in [6.07, 6.45) is 9.68. The van der Waals surface area contributed by atoms with Crippen molar-refractivity contribution < 1.29 is 19.4 Å². The molecule has 150 valence electrons. The molecule has 7 atom stereocenters. The zero-order valence-electron chi connectivity index (χ0n) is 17.2. The van der Waals surface area contributed by atoms with Gasteiger partial charge in [0.1, 0.15) is 0 Å². The quantitative estimate of drug-likeness (QED) is 0.581. The van der Waals surface area contributed by atoms with Crippen molar-refractivity contribution in [2.45, 2.75) is 90.8 Å². The van der Waals surface area contributed by atoms with E-state index in [1.54, 1.807) is 6.92 Å². The predicted octanol–water partition coefficient (Wildman–Crippen LogP) is 4.20. The first-order valence-corrected chi connectivity index (χ1v) is 10.7. The molecule has 1 N–H and O–H groups in total. The first-order valence-electron chi connectivity index (χ1n) is 10.7. The number of allylic oxidation sites excluding steroid dienone is 1. The molecule has 3 saturated carbocycles. The van der Waals surface area contributed by atoms with Crippen molar-refractivity contribution in [3.63, 3.8) is 0 Å². The van der Waals surface area contributed by atoms with Crippen molar-refractivity contribution in [2.75, 3.05) is 0 Å². The predicted molar refractivity (Wildman–Crippen MR) is 103 cm³/mol. The van der Waals surface area contributed by atoms with Gasteiger partial charge in [-0.1, -0.05) is 25.5 Å². The number of ether oxygens (including phenoxy) is 1. The first-order chi connectivity index (χ1) is 12.6. The molecule has 0 unspecified atom stereocenters. The lowest BCUT2D eigenvalue weighted by Gasteiger charge is -2.59. The molecule has 0 heterocycles. The van der Waals surface area contributed by atoms with Crippen LogP contribution in [0.5, 0.6) is 0 Å². The van der Waals surface area contributed by atoms with Gasteiger partial charge in [0.2, 0.25) is 0 Å². The van der Waals surface area contributed by atoms with Gasteiger partial charge in [-0.25, -0.2) is 0 Å². The van der Waals surface area contributed by atoms with Gasteiger partial charge in [0.05, 0.1) is 6.10 Å². The lowest BCUT2D eigenvalue weighted by Crippen LogP contribution is -2.58. The van der Waals surface area contributed by atoms with Crippen LogP contribution in [0.25, 0.3) is 0 Å². The fourth-order valence-corrected chi connectivity index (χ4v) is 7.70. The van der Waals surface area contributed by atoms with E-state index < -0.39 is 5.60 Å². The van der Waals surface area contributed by atoms with Crippen molar-refractivity contribution in [3.8, 4) is 0 Å². The molecule has 4 nitrogen and oxygen atoms in total. The SMILES string of the molecule is CC(=O)O[C@@]1(C(C)=O)CC[C@@H]2[C@H]3CC=C4C[C@H](O)CC[C@]4(C)[C@@H]3CC[C@@]21C. The minimum atomic E-state index is -0.942. The van der Waals surface area contributed by atoms with Crippen LogP contribution < -0.4 is 0 Å². The average Bonchev–Trinajstić information content (AvgIpc) is 2.89. The number of rotatable bonds is 2. The van der Waals surface area contributed by atoms with Crippen molar-refractivity contribution in [1.29, 1.82) is 0 Å². The molecule has 27 heavy (non-hydrogen) atoms. The van der Waals surface area contributed by atoms with Crippen LogP contribution in [0.2, 0.25) is 0 Å². The Morgan fingerprint density at radius 1 is 1.07 bits per heavy atom. The van der Waals surface area contributed by atoms with Crippen molar-refractivity contribution in [1.82, 2.24) is 0 Å². The maximum absolute atomic E-state index is 12.7. The summed E-state index contributed by atoms with van der Waals surface area (Å²) in [4.78, 5) is 24.6. The highest BCUT2D eigenvalue weighted by atomic mass is 16.6. The molecule has 0 aromatic rings.